The van der Waals surface area contributed by atoms with E-state index < -0.39 is 5.97 Å². The molecule has 118 valence electrons. The monoisotopic (exact) mass is 314 g/mol. The van der Waals surface area contributed by atoms with Gasteiger partial charge in [0.2, 0.25) is 5.82 Å². The number of aliphatic carboxylic acids is 1. The van der Waals surface area contributed by atoms with Crippen LogP contribution in [0.3, 0.4) is 0 Å². The Balaban J connectivity index is 1.86. The van der Waals surface area contributed by atoms with E-state index >= 15 is 0 Å². The van der Waals surface area contributed by atoms with Gasteiger partial charge in [0.25, 0.3) is 5.89 Å². The van der Waals surface area contributed by atoms with E-state index in [9.17, 15) is 4.79 Å². The van der Waals surface area contributed by atoms with Crippen LogP contribution in [0.1, 0.15) is 12.0 Å². The largest absolute Gasteiger partial charge is 0.481 e. The maximum absolute atomic E-state index is 10.6. The van der Waals surface area contributed by atoms with Gasteiger partial charge < -0.3 is 15.4 Å². The van der Waals surface area contributed by atoms with Gasteiger partial charge in [-0.3, -0.25) is 4.79 Å². The second-order valence-electron chi connectivity index (χ2n) is 4.98. The standard InChI is InChI=1S/C14H14N6O3/c1-8-2-4-9(5-3-8)13-16-14(23-18-13)11-12(15)20(19-17-11)7-6-10(21)22/h2-5H,6-7,15H2,1H3,(H,21,22). The molecule has 0 fully saturated rings. The number of rotatable bonds is 5. The zero-order chi connectivity index (χ0) is 16.4. The van der Waals surface area contributed by atoms with Gasteiger partial charge in [0.05, 0.1) is 13.0 Å². The highest BCUT2D eigenvalue weighted by Gasteiger charge is 2.19. The van der Waals surface area contributed by atoms with Crippen LogP contribution in [-0.2, 0) is 11.3 Å². The number of nitrogens with zero attached hydrogens (tertiary/aromatic N) is 5. The normalized spacial score (nSPS) is 10.8. The lowest BCUT2D eigenvalue weighted by molar-refractivity contribution is -0.137. The molecule has 0 aliphatic heterocycles. The molecule has 9 heteroatoms. The quantitative estimate of drug-likeness (QED) is 0.721. The fourth-order valence-electron chi connectivity index (χ4n) is 1.98. The molecule has 23 heavy (non-hydrogen) atoms. The SMILES string of the molecule is Cc1ccc(-c2noc(-c3nnn(CCC(=O)O)c3N)n2)cc1. The molecule has 3 rings (SSSR count). The van der Waals surface area contributed by atoms with Crippen molar-refractivity contribution in [3.63, 3.8) is 0 Å². The van der Waals surface area contributed by atoms with Crippen molar-refractivity contribution in [1.29, 1.82) is 0 Å². The average Bonchev–Trinajstić information content (AvgIpc) is 3.13. The Kier molecular flexibility index (Phi) is 3.75. The summed E-state index contributed by atoms with van der Waals surface area (Å²) in [5, 5.41) is 20.3. The van der Waals surface area contributed by atoms with Gasteiger partial charge in [-0.2, -0.15) is 4.98 Å². The molecule has 3 N–H and O–H groups in total. The van der Waals surface area contributed by atoms with Crippen LogP contribution in [0.25, 0.3) is 23.0 Å². The van der Waals surface area contributed by atoms with Crippen molar-refractivity contribution < 1.29 is 14.4 Å². The fraction of sp³-hybridized carbons (Fsp3) is 0.214. The molecule has 0 saturated carbocycles. The minimum atomic E-state index is -0.944. The van der Waals surface area contributed by atoms with Gasteiger partial charge in [-0.25, -0.2) is 4.68 Å². The maximum atomic E-state index is 10.6. The van der Waals surface area contributed by atoms with Crippen molar-refractivity contribution >= 4 is 11.8 Å². The summed E-state index contributed by atoms with van der Waals surface area (Å²) in [4.78, 5) is 14.9. The summed E-state index contributed by atoms with van der Waals surface area (Å²) in [5.74, 6) is -0.203. The molecule has 0 amide bonds. The number of nitrogen functional groups attached to an aromatic ring is 1. The van der Waals surface area contributed by atoms with Crippen LogP contribution in [0, 0.1) is 6.92 Å². The van der Waals surface area contributed by atoms with Crippen molar-refractivity contribution in [3.05, 3.63) is 29.8 Å². The molecule has 9 nitrogen and oxygen atoms in total. The van der Waals surface area contributed by atoms with Crippen LogP contribution >= 0.6 is 0 Å². The van der Waals surface area contributed by atoms with Crippen LogP contribution in [0.4, 0.5) is 5.82 Å². The molecule has 0 aliphatic rings. The summed E-state index contributed by atoms with van der Waals surface area (Å²) in [6, 6.07) is 7.66. The fourth-order valence-corrected chi connectivity index (χ4v) is 1.98. The Labute approximate surface area is 130 Å². The van der Waals surface area contributed by atoms with Crippen molar-refractivity contribution in [2.24, 2.45) is 0 Å². The predicted octanol–water partition coefficient (Wildman–Crippen LogP) is 1.36. The summed E-state index contributed by atoms with van der Waals surface area (Å²) in [5.41, 5.74) is 8.08. The topological polar surface area (TPSA) is 133 Å². The van der Waals surface area contributed by atoms with Gasteiger partial charge in [0.1, 0.15) is 0 Å². The van der Waals surface area contributed by atoms with E-state index in [-0.39, 0.29) is 30.4 Å². The van der Waals surface area contributed by atoms with Crippen LogP contribution in [0.5, 0.6) is 0 Å². The van der Waals surface area contributed by atoms with Gasteiger partial charge in [-0.1, -0.05) is 40.2 Å². The van der Waals surface area contributed by atoms with Crippen molar-refractivity contribution in [1.82, 2.24) is 25.1 Å². The molecule has 2 heterocycles. The first-order valence-electron chi connectivity index (χ1n) is 6.86. The highest BCUT2D eigenvalue weighted by molar-refractivity contribution is 5.67. The molecule has 0 atom stereocenters. The van der Waals surface area contributed by atoms with Crippen LogP contribution < -0.4 is 5.73 Å². The van der Waals surface area contributed by atoms with Crippen LogP contribution in [-0.4, -0.2) is 36.2 Å². The predicted molar refractivity (Wildman–Crippen MR) is 80.2 cm³/mol. The van der Waals surface area contributed by atoms with E-state index in [0.717, 1.165) is 11.1 Å². The van der Waals surface area contributed by atoms with E-state index in [2.05, 4.69) is 20.5 Å². The summed E-state index contributed by atoms with van der Waals surface area (Å²) in [6.45, 7) is 2.11. The molecular weight excluding hydrogens is 300 g/mol. The number of nitrogens with two attached hydrogens (primary N) is 1. The van der Waals surface area contributed by atoms with Crippen LogP contribution in [0.15, 0.2) is 28.8 Å². The third-order valence-corrected chi connectivity index (χ3v) is 3.25. The number of anilines is 1. The number of aryl methyl sites for hydroxylation is 2. The van der Waals surface area contributed by atoms with E-state index in [1.807, 2.05) is 31.2 Å². The zero-order valence-electron chi connectivity index (χ0n) is 12.3. The molecule has 0 saturated heterocycles. The Bertz CT molecular complexity index is 837. The zero-order valence-corrected chi connectivity index (χ0v) is 12.3. The van der Waals surface area contributed by atoms with Gasteiger partial charge >= 0.3 is 5.97 Å². The molecule has 0 spiro atoms. The van der Waals surface area contributed by atoms with Crippen LogP contribution in [0.2, 0.25) is 0 Å². The van der Waals surface area contributed by atoms with E-state index in [0.29, 0.717) is 5.82 Å². The molecule has 0 bridgehead atoms. The first-order valence-corrected chi connectivity index (χ1v) is 6.86. The lowest BCUT2D eigenvalue weighted by Gasteiger charge is -1.99. The first-order chi connectivity index (χ1) is 11.0. The second kappa shape index (κ2) is 5.87. The Morgan fingerprint density at radius 2 is 2.09 bits per heavy atom. The number of carbonyl (C=O) groups is 1. The Morgan fingerprint density at radius 3 is 2.78 bits per heavy atom. The van der Waals surface area contributed by atoms with E-state index in [1.54, 1.807) is 0 Å². The lowest BCUT2D eigenvalue weighted by Crippen LogP contribution is -2.09. The third kappa shape index (κ3) is 3.03. The molecule has 2 aromatic heterocycles. The van der Waals surface area contributed by atoms with Gasteiger partial charge in [0, 0.05) is 5.56 Å². The molecule has 0 unspecified atom stereocenters. The van der Waals surface area contributed by atoms with Gasteiger partial charge in [0.15, 0.2) is 11.5 Å². The number of carboxylic acids is 1. The molecule has 0 aliphatic carbocycles. The summed E-state index contributed by atoms with van der Waals surface area (Å²) in [7, 11) is 0. The molecule has 3 aromatic rings. The Morgan fingerprint density at radius 1 is 1.35 bits per heavy atom. The number of aromatic nitrogens is 5. The number of benzene rings is 1. The minimum absolute atomic E-state index is 0.106. The van der Waals surface area contributed by atoms with Crippen molar-refractivity contribution in [2.75, 3.05) is 5.73 Å². The van der Waals surface area contributed by atoms with E-state index in [1.165, 1.54) is 4.68 Å². The summed E-state index contributed by atoms with van der Waals surface area (Å²) < 4.78 is 6.47. The molecule has 0 radical (unpaired) electrons. The Hall–Kier alpha value is -3.23. The van der Waals surface area contributed by atoms with E-state index in [4.69, 9.17) is 15.4 Å². The highest BCUT2D eigenvalue weighted by Crippen LogP contribution is 2.24. The smallest absolute Gasteiger partial charge is 0.305 e. The third-order valence-electron chi connectivity index (χ3n) is 3.25. The highest BCUT2D eigenvalue weighted by atomic mass is 16.5. The number of carboxylic acid groups (broad SMARTS) is 1. The number of hydrogen-bond acceptors (Lipinski definition) is 7. The molecular formula is C14H14N6O3. The van der Waals surface area contributed by atoms with Gasteiger partial charge in [-0.05, 0) is 6.92 Å². The summed E-state index contributed by atoms with van der Waals surface area (Å²) >= 11 is 0. The van der Waals surface area contributed by atoms with Crippen molar-refractivity contribution in [2.45, 2.75) is 19.9 Å². The number of hydrogen-bond donors (Lipinski definition) is 2. The molecule has 1 aromatic carbocycles. The van der Waals surface area contributed by atoms with Gasteiger partial charge in [-0.15, -0.1) is 5.10 Å². The average molecular weight is 314 g/mol. The second-order valence-corrected chi connectivity index (χ2v) is 4.98. The lowest BCUT2D eigenvalue weighted by atomic mass is 10.1. The first kappa shape index (κ1) is 14.7. The van der Waals surface area contributed by atoms with Crippen molar-refractivity contribution in [3.8, 4) is 23.0 Å². The maximum Gasteiger partial charge on any atom is 0.305 e. The summed E-state index contributed by atoms with van der Waals surface area (Å²) in [6.07, 6.45) is -0.106. The minimum Gasteiger partial charge on any atom is -0.481 e.